The molecule has 0 fully saturated rings. The average molecular weight is 257 g/mol. The van der Waals surface area contributed by atoms with E-state index in [1.807, 2.05) is 35.0 Å². The summed E-state index contributed by atoms with van der Waals surface area (Å²) < 4.78 is 1.95. The summed E-state index contributed by atoms with van der Waals surface area (Å²) in [5.41, 5.74) is 2.17. The summed E-state index contributed by atoms with van der Waals surface area (Å²) in [6, 6.07) is 8.09. The van der Waals surface area contributed by atoms with Gasteiger partial charge in [0.2, 0.25) is 5.91 Å². The van der Waals surface area contributed by atoms with E-state index < -0.39 is 0 Å². The fourth-order valence-corrected chi connectivity index (χ4v) is 1.82. The van der Waals surface area contributed by atoms with Crippen LogP contribution in [0.2, 0.25) is 0 Å². The average Bonchev–Trinajstić information content (AvgIpc) is 2.97. The van der Waals surface area contributed by atoms with E-state index in [0.717, 1.165) is 24.1 Å². The molecular weight excluding hydrogens is 238 g/mol. The molecule has 0 atom stereocenters. The van der Waals surface area contributed by atoms with Crippen molar-refractivity contribution in [1.29, 1.82) is 0 Å². The first-order valence-corrected chi connectivity index (χ1v) is 6.63. The quantitative estimate of drug-likeness (QED) is 0.864. The zero-order valence-electron chi connectivity index (χ0n) is 11.2. The van der Waals surface area contributed by atoms with Gasteiger partial charge in [0, 0.05) is 31.0 Å². The molecule has 2 aromatic rings. The molecule has 1 N–H and O–H groups in total. The van der Waals surface area contributed by atoms with Gasteiger partial charge in [-0.25, -0.2) is 4.98 Å². The molecule has 0 aliphatic heterocycles. The van der Waals surface area contributed by atoms with E-state index in [1.165, 1.54) is 0 Å². The van der Waals surface area contributed by atoms with Crippen LogP contribution >= 0.6 is 0 Å². The maximum Gasteiger partial charge on any atom is 0.220 e. The van der Waals surface area contributed by atoms with Crippen LogP contribution in [0.4, 0.5) is 0 Å². The van der Waals surface area contributed by atoms with Crippen LogP contribution in [-0.4, -0.2) is 15.5 Å². The van der Waals surface area contributed by atoms with Crippen molar-refractivity contribution >= 4 is 5.91 Å². The molecule has 0 saturated heterocycles. The molecule has 1 heterocycles. The highest BCUT2D eigenvalue weighted by Gasteiger charge is 2.01. The third kappa shape index (κ3) is 3.95. The van der Waals surface area contributed by atoms with E-state index in [9.17, 15) is 4.79 Å². The van der Waals surface area contributed by atoms with Crippen molar-refractivity contribution in [2.45, 2.75) is 32.7 Å². The standard InChI is InChI=1S/C15H19N3O/c1-2-3-4-15(19)17-11-13-5-7-14(8-6-13)18-10-9-16-12-18/h5-10,12H,2-4,11H2,1H3,(H,17,19). The SMILES string of the molecule is CCCCC(=O)NCc1ccc(-n2ccnc2)cc1. The lowest BCUT2D eigenvalue weighted by atomic mass is 10.2. The van der Waals surface area contributed by atoms with Gasteiger partial charge in [0.15, 0.2) is 0 Å². The highest BCUT2D eigenvalue weighted by molar-refractivity contribution is 5.75. The molecule has 2 rings (SSSR count). The van der Waals surface area contributed by atoms with E-state index in [4.69, 9.17) is 0 Å². The molecule has 1 aromatic carbocycles. The summed E-state index contributed by atoms with van der Waals surface area (Å²) in [5.74, 6) is 0.125. The summed E-state index contributed by atoms with van der Waals surface area (Å²) in [7, 11) is 0. The van der Waals surface area contributed by atoms with Gasteiger partial charge >= 0.3 is 0 Å². The number of hydrogen-bond acceptors (Lipinski definition) is 2. The molecule has 0 spiro atoms. The summed E-state index contributed by atoms with van der Waals surface area (Å²) in [5, 5.41) is 2.93. The van der Waals surface area contributed by atoms with Crippen molar-refractivity contribution in [2.75, 3.05) is 0 Å². The number of hydrogen-bond donors (Lipinski definition) is 1. The molecule has 0 aliphatic carbocycles. The molecule has 0 bridgehead atoms. The summed E-state index contributed by atoms with van der Waals surface area (Å²) in [4.78, 5) is 15.5. The van der Waals surface area contributed by atoms with E-state index in [2.05, 4.69) is 17.2 Å². The van der Waals surface area contributed by atoms with Gasteiger partial charge in [0.05, 0.1) is 6.33 Å². The van der Waals surface area contributed by atoms with E-state index in [0.29, 0.717) is 13.0 Å². The van der Waals surface area contributed by atoms with Crippen molar-refractivity contribution in [3.63, 3.8) is 0 Å². The van der Waals surface area contributed by atoms with E-state index >= 15 is 0 Å². The number of carbonyl (C=O) groups excluding carboxylic acids is 1. The maximum absolute atomic E-state index is 11.5. The second kappa shape index (κ2) is 6.73. The Morgan fingerprint density at radius 1 is 1.32 bits per heavy atom. The number of carbonyl (C=O) groups is 1. The van der Waals surface area contributed by atoms with Crippen LogP contribution in [0.5, 0.6) is 0 Å². The smallest absolute Gasteiger partial charge is 0.220 e. The lowest BCUT2D eigenvalue weighted by Gasteiger charge is -2.06. The number of aromatic nitrogens is 2. The second-order valence-corrected chi connectivity index (χ2v) is 4.52. The van der Waals surface area contributed by atoms with Crippen molar-refractivity contribution in [3.8, 4) is 5.69 Å². The number of rotatable bonds is 6. The highest BCUT2D eigenvalue weighted by atomic mass is 16.1. The molecule has 100 valence electrons. The number of amides is 1. The summed E-state index contributed by atoms with van der Waals surface area (Å²) >= 11 is 0. The lowest BCUT2D eigenvalue weighted by Crippen LogP contribution is -2.22. The van der Waals surface area contributed by atoms with Gasteiger partial charge in [0.25, 0.3) is 0 Å². The van der Waals surface area contributed by atoms with Gasteiger partial charge in [-0.3, -0.25) is 4.79 Å². The zero-order chi connectivity index (χ0) is 13.5. The van der Waals surface area contributed by atoms with Crippen LogP contribution in [-0.2, 0) is 11.3 Å². The number of nitrogens with zero attached hydrogens (tertiary/aromatic N) is 2. The van der Waals surface area contributed by atoms with Crippen molar-refractivity contribution in [2.24, 2.45) is 0 Å². The minimum atomic E-state index is 0.125. The normalized spacial score (nSPS) is 10.4. The van der Waals surface area contributed by atoms with Gasteiger partial charge in [-0.2, -0.15) is 0 Å². The fraction of sp³-hybridized carbons (Fsp3) is 0.333. The predicted octanol–water partition coefficient (Wildman–Crippen LogP) is 2.68. The predicted molar refractivity (Wildman–Crippen MR) is 74.9 cm³/mol. The third-order valence-electron chi connectivity index (χ3n) is 2.99. The third-order valence-corrected chi connectivity index (χ3v) is 2.99. The van der Waals surface area contributed by atoms with Gasteiger partial charge in [-0.05, 0) is 24.1 Å². The lowest BCUT2D eigenvalue weighted by molar-refractivity contribution is -0.121. The molecule has 4 heteroatoms. The van der Waals surface area contributed by atoms with Gasteiger partial charge in [-0.15, -0.1) is 0 Å². The first-order valence-electron chi connectivity index (χ1n) is 6.63. The fourth-order valence-electron chi connectivity index (χ4n) is 1.82. The molecule has 1 amide bonds. The van der Waals surface area contributed by atoms with Crippen molar-refractivity contribution in [3.05, 3.63) is 48.5 Å². The second-order valence-electron chi connectivity index (χ2n) is 4.52. The van der Waals surface area contributed by atoms with Crippen LogP contribution in [0.15, 0.2) is 43.0 Å². The minimum Gasteiger partial charge on any atom is -0.352 e. The Morgan fingerprint density at radius 3 is 2.74 bits per heavy atom. The highest BCUT2D eigenvalue weighted by Crippen LogP contribution is 2.09. The molecule has 0 aliphatic rings. The molecule has 19 heavy (non-hydrogen) atoms. The monoisotopic (exact) mass is 257 g/mol. The summed E-state index contributed by atoms with van der Waals surface area (Å²) in [6.07, 6.45) is 8.03. The Bertz CT molecular complexity index is 503. The Morgan fingerprint density at radius 2 is 2.11 bits per heavy atom. The maximum atomic E-state index is 11.5. The van der Waals surface area contributed by atoms with E-state index in [-0.39, 0.29) is 5.91 Å². The van der Waals surface area contributed by atoms with Crippen LogP contribution < -0.4 is 5.32 Å². The largest absolute Gasteiger partial charge is 0.352 e. The van der Waals surface area contributed by atoms with Gasteiger partial charge < -0.3 is 9.88 Å². The first-order chi connectivity index (χ1) is 9.29. The number of imidazole rings is 1. The van der Waals surface area contributed by atoms with Crippen molar-refractivity contribution in [1.82, 2.24) is 14.9 Å². The van der Waals surface area contributed by atoms with Crippen LogP contribution in [0.1, 0.15) is 31.7 Å². The Labute approximate surface area is 113 Å². The summed E-state index contributed by atoms with van der Waals surface area (Å²) in [6.45, 7) is 2.68. The number of benzene rings is 1. The zero-order valence-corrected chi connectivity index (χ0v) is 11.2. The molecule has 0 saturated carbocycles. The van der Waals surface area contributed by atoms with Crippen molar-refractivity contribution < 1.29 is 4.79 Å². The molecule has 4 nitrogen and oxygen atoms in total. The first kappa shape index (κ1) is 13.3. The van der Waals surface area contributed by atoms with Crippen LogP contribution in [0, 0.1) is 0 Å². The molecule has 0 unspecified atom stereocenters. The Balaban J connectivity index is 1.87. The topological polar surface area (TPSA) is 46.9 Å². The molecule has 1 aromatic heterocycles. The van der Waals surface area contributed by atoms with Crippen LogP contribution in [0.25, 0.3) is 5.69 Å². The molecule has 0 radical (unpaired) electrons. The Hall–Kier alpha value is -2.10. The minimum absolute atomic E-state index is 0.125. The Kier molecular flexibility index (Phi) is 4.72. The van der Waals surface area contributed by atoms with E-state index in [1.54, 1.807) is 12.5 Å². The molecular formula is C15H19N3O. The number of nitrogens with one attached hydrogen (secondary N) is 1. The van der Waals surface area contributed by atoms with Gasteiger partial charge in [-0.1, -0.05) is 25.5 Å². The van der Waals surface area contributed by atoms with Gasteiger partial charge in [0.1, 0.15) is 0 Å². The van der Waals surface area contributed by atoms with Crippen LogP contribution in [0.3, 0.4) is 0 Å². The number of unbranched alkanes of at least 4 members (excludes halogenated alkanes) is 1.